The smallest absolute Gasteiger partial charge is 0.240 e. The van der Waals surface area contributed by atoms with Crippen LogP contribution in [0.2, 0.25) is 0 Å². The quantitative estimate of drug-likeness (QED) is 0.628. The van der Waals surface area contributed by atoms with Crippen LogP contribution in [0, 0.1) is 5.92 Å². The van der Waals surface area contributed by atoms with Crippen LogP contribution in [0.1, 0.15) is 35.4 Å². The number of likely N-dealkylation sites (tertiary alicyclic amines) is 1. The van der Waals surface area contributed by atoms with Gasteiger partial charge in [-0.3, -0.25) is 9.69 Å². The number of amides is 1. The van der Waals surface area contributed by atoms with Crippen molar-refractivity contribution in [3.05, 3.63) is 83.4 Å². The largest absolute Gasteiger partial charge is 0.497 e. The Morgan fingerprint density at radius 1 is 1.06 bits per heavy atom. The van der Waals surface area contributed by atoms with E-state index in [0.29, 0.717) is 18.9 Å². The van der Waals surface area contributed by atoms with Gasteiger partial charge < -0.3 is 14.6 Å². The van der Waals surface area contributed by atoms with E-state index in [-0.39, 0.29) is 11.9 Å². The van der Waals surface area contributed by atoms with Gasteiger partial charge in [0.1, 0.15) is 5.75 Å². The Hall–Kier alpha value is -3.12. The average molecular weight is 445 g/mol. The van der Waals surface area contributed by atoms with Crippen molar-refractivity contribution in [2.75, 3.05) is 20.2 Å². The molecule has 1 saturated heterocycles. The van der Waals surface area contributed by atoms with Gasteiger partial charge in [0.05, 0.1) is 30.9 Å². The first kappa shape index (κ1) is 21.7. The van der Waals surface area contributed by atoms with E-state index in [2.05, 4.69) is 62.2 Å². The van der Waals surface area contributed by atoms with Crippen LogP contribution in [-0.4, -0.2) is 51.9 Å². The lowest BCUT2D eigenvalue weighted by atomic mass is 9.89. The Labute approximate surface area is 195 Å². The minimum absolute atomic E-state index is 0.173. The van der Waals surface area contributed by atoms with Gasteiger partial charge in [-0.2, -0.15) is 0 Å². The first-order valence-corrected chi connectivity index (χ1v) is 11.9. The van der Waals surface area contributed by atoms with E-state index in [0.717, 1.165) is 56.0 Å². The van der Waals surface area contributed by atoms with Crippen LogP contribution in [0.5, 0.6) is 5.75 Å². The number of benzene rings is 2. The summed E-state index contributed by atoms with van der Waals surface area (Å²) in [5, 5.41) is 0. The van der Waals surface area contributed by atoms with E-state index >= 15 is 0 Å². The highest BCUT2D eigenvalue weighted by Gasteiger charge is 2.36. The maximum absolute atomic E-state index is 13.7. The molecule has 0 aliphatic carbocycles. The maximum Gasteiger partial charge on any atom is 0.240 e. The molecule has 5 rings (SSSR count). The van der Waals surface area contributed by atoms with Crippen molar-refractivity contribution < 1.29 is 9.53 Å². The van der Waals surface area contributed by atoms with Crippen LogP contribution >= 0.6 is 0 Å². The summed E-state index contributed by atoms with van der Waals surface area (Å²) >= 11 is 0. The number of aromatic amines is 1. The number of nitrogens with one attached hydrogen (secondary N) is 1. The number of imidazole rings is 1. The Bertz CT molecular complexity index is 1060. The Morgan fingerprint density at radius 2 is 1.82 bits per heavy atom. The zero-order chi connectivity index (χ0) is 22.6. The summed E-state index contributed by atoms with van der Waals surface area (Å²) in [6.45, 7) is 3.12. The second-order valence-corrected chi connectivity index (χ2v) is 9.26. The number of hydrogen-bond donors (Lipinski definition) is 1. The van der Waals surface area contributed by atoms with Gasteiger partial charge in [-0.1, -0.05) is 42.5 Å². The van der Waals surface area contributed by atoms with E-state index in [1.54, 1.807) is 13.4 Å². The molecule has 2 aliphatic heterocycles. The first-order valence-electron chi connectivity index (χ1n) is 11.9. The van der Waals surface area contributed by atoms with Crippen LogP contribution in [0.3, 0.4) is 0 Å². The number of fused-ring (bicyclic) bond motifs is 1. The van der Waals surface area contributed by atoms with Crippen LogP contribution < -0.4 is 4.74 Å². The van der Waals surface area contributed by atoms with Gasteiger partial charge in [0, 0.05) is 32.6 Å². The molecule has 6 nitrogen and oxygen atoms in total. The maximum atomic E-state index is 13.7. The van der Waals surface area contributed by atoms with Crippen molar-refractivity contribution in [1.29, 1.82) is 0 Å². The van der Waals surface area contributed by atoms with E-state index in [9.17, 15) is 4.79 Å². The molecule has 1 amide bonds. The van der Waals surface area contributed by atoms with Crippen molar-refractivity contribution in [1.82, 2.24) is 19.8 Å². The molecular weight excluding hydrogens is 412 g/mol. The van der Waals surface area contributed by atoms with Crippen molar-refractivity contribution in [3.8, 4) is 5.75 Å². The molecule has 0 spiro atoms. The summed E-state index contributed by atoms with van der Waals surface area (Å²) in [6, 6.07) is 18.7. The lowest BCUT2D eigenvalue weighted by Crippen LogP contribution is -2.53. The third-order valence-corrected chi connectivity index (χ3v) is 7.12. The second kappa shape index (κ2) is 9.79. The molecule has 1 fully saturated rings. The molecule has 1 atom stereocenters. The first-order chi connectivity index (χ1) is 16.2. The summed E-state index contributed by atoms with van der Waals surface area (Å²) in [7, 11) is 1.68. The molecule has 1 aromatic heterocycles. The molecule has 1 unspecified atom stereocenters. The molecule has 0 radical (unpaired) electrons. The topological polar surface area (TPSA) is 61.5 Å². The van der Waals surface area contributed by atoms with Crippen molar-refractivity contribution in [3.63, 3.8) is 0 Å². The van der Waals surface area contributed by atoms with E-state index in [1.807, 2.05) is 12.1 Å². The lowest BCUT2D eigenvalue weighted by molar-refractivity contribution is -0.139. The molecule has 6 heteroatoms. The molecule has 0 saturated carbocycles. The van der Waals surface area contributed by atoms with Crippen molar-refractivity contribution in [2.45, 2.75) is 44.8 Å². The number of aromatic nitrogens is 2. The highest BCUT2D eigenvalue weighted by Crippen LogP contribution is 2.27. The Morgan fingerprint density at radius 3 is 2.55 bits per heavy atom. The van der Waals surface area contributed by atoms with Gasteiger partial charge in [-0.15, -0.1) is 0 Å². The van der Waals surface area contributed by atoms with Crippen molar-refractivity contribution in [2.24, 2.45) is 5.92 Å². The van der Waals surface area contributed by atoms with Gasteiger partial charge in [0.15, 0.2) is 0 Å². The Kier molecular flexibility index (Phi) is 6.44. The summed E-state index contributed by atoms with van der Waals surface area (Å²) in [5.74, 6) is 1.74. The fourth-order valence-corrected chi connectivity index (χ4v) is 5.18. The third kappa shape index (κ3) is 4.96. The van der Waals surface area contributed by atoms with E-state index in [1.165, 1.54) is 11.1 Å². The summed E-state index contributed by atoms with van der Waals surface area (Å²) < 4.78 is 5.29. The predicted molar refractivity (Wildman–Crippen MR) is 128 cm³/mol. The lowest BCUT2D eigenvalue weighted by Gasteiger charge is -2.39. The third-order valence-electron chi connectivity index (χ3n) is 7.12. The van der Waals surface area contributed by atoms with Gasteiger partial charge >= 0.3 is 0 Å². The minimum atomic E-state index is -0.173. The van der Waals surface area contributed by atoms with E-state index < -0.39 is 0 Å². The van der Waals surface area contributed by atoms with Gasteiger partial charge in [0.25, 0.3) is 0 Å². The molecule has 3 aromatic rings. The number of carbonyl (C=O) groups is 1. The van der Waals surface area contributed by atoms with Crippen LogP contribution in [-0.2, 0) is 30.7 Å². The molecule has 0 bridgehead atoms. The number of piperidine rings is 1. The SMILES string of the molecule is COc1ccc(CN2Cc3[nH]cnc3CC2C(=O)N2CCC(Cc3ccccc3)CC2)cc1. The molecule has 172 valence electrons. The number of methoxy groups -OCH3 is 1. The highest BCUT2D eigenvalue weighted by molar-refractivity contribution is 5.82. The number of H-pyrrole nitrogens is 1. The average Bonchev–Trinajstić information content (AvgIpc) is 3.32. The van der Waals surface area contributed by atoms with Crippen LogP contribution in [0.15, 0.2) is 60.9 Å². The highest BCUT2D eigenvalue weighted by atomic mass is 16.5. The van der Waals surface area contributed by atoms with Gasteiger partial charge in [-0.05, 0) is 48.4 Å². The molecule has 1 N–H and O–H groups in total. The fourth-order valence-electron chi connectivity index (χ4n) is 5.18. The zero-order valence-electron chi connectivity index (χ0n) is 19.2. The van der Waals surface area contributed by atoms with Crippen molar-refractivity contribution >= 4 is 5.91 Å². The van der Waals surface area contributed by atoms with Gasteiger partial charge in [-0.25, -0.2) is 4.98 Å². The van der Waals surface area contributed by atoms with E-state index in [4.69, 9.17) is 4.74 Å². The standard InChI is InChI=1S/C27H32N4O2/c1-33-23-9-7-22(8-10-23)17-31-18-25-24(28-19-29-25)16-26(31)27(32)30-13-11-21(12-14-30)15-20-5-3-2-4-6-20/h2-10,19,21,26H,11-18H2,1H3,(H,28,29). The van der Waals surface area contributed by atoms with Crippen LogP contribution in [0.4, 0.5) is 0 Å². The monoisotopic (exact) mass is 444 g/mol. The zero-order valence-corrected chi connectivity index (χ0v) is 19.2. The number of hydrogen-bond acceptors (Lipinski definition) is 4. The predicted octanol–water partition coefficient (Wildman–Crippen LogP) is 3.83. The number of rotatable bonds is 6. The number of ether oxygens (including phenoxy) is 1. The second-order valence-electron chi connectivity index (χ2n) is 9.26. The molecule has 33 heavy (non-hydrogen) atoms. The minimum Gasteiger partial charge on any atom is -0.497 e. The summed E-state index contributed by atoms with van der Waals surface area (Å²) in [6.07, 6.45) is 5.65. The van der Waals surface area contributed by atoms with Crippen LogP contribution in [0.25, 0.3) is 0 Å². The molecule has 2 aliphatic rings. The molecule has 3 heterocycles. The Balaban J connectivity index is 1.25. The number of carbonyl (C=O) groups excluding carboxylic acids is 1. The molecular formula is C27H32N4O2. The fraction of sp³-hybridized carbons (Fsp3) is 0.407. The number of nitrogens with zero attached hydrogens (tertiary/aromatic N) is 3. The van der Waals surface area contributed by atoms with Gasteiger partial charge in [0.2, 0.25) is 5.91 Å². The molecule has 2 aromatic carbocycles. The summed E-state index contributed by atoms with van der Waals surface area (Å²) in [4.78, 5) is 25.8. The normalized spacial score (nSPS) is 19.3. The summed E-state index contributed by atoms with van der Waals surface area (Å²) in [5.41, 5.74) is 4.72.